The van der Waals surface area contributed by atoms with E-state index in [-0.39, 0.29) is 0 Å². The lowest BCUT2D eigenvalue weighted by molar-refractivity contribution is 0.350. The first-order valence-electron chi connectivity index (χ1n) is 6.25. The summed E-state index contributed by atoms with van der Waals surface area (Å²) in [6.07, 6.45) is 9.42. The topological polar surface area (TPSA) is 12.9 Å². The molecule has 0 aliphatic heterocycles. The van der Waals surface area contributed by atoms with E-state index in [1.54, 1.807) is 0 Å². The van der Waals surface area contributed by atoms with Crippen LogP contribution < -0.4 is 0 Å². The molecule has 3 rings (SSSR count). The standard InChI is InChI=1S/C14H19N/c1-10-5-6-13(9-15-10)14-8-11-3-2-4-12(14)7-11/h5-6,9,11-12,14H,2-4,7-8H2,1H3. The third kappa shape index (κ3) is 1.68. The van der Waals surface area contributed by atoms with Crippen molar-refractivity contribution in [3.63, 3.8) is 0 Å². The van der Waals surface area contributed by atoms with Gasteiger partial charge in [0.1, 0.15) is 0 Å². The highest BCUT2D eigenvalue weighted by atomic mass is 14.7. The predicted octanol–water partition coefficient (Wildman–Crippen LogP) is 3.68. The highest BCUT2D eigenvalue weighted by Gasteiger charge is 2.37. The molecule has 0 saturated heterocycles. The molecule has 2 saturated carbocycles. The number of aromatic nitrogens is 1. The largest absolute Gasteiger partial charge is 0.261 e. The fourth-order valence-corrected chi connectivity index (χ4v) is 3.57. The predicted molar refractivity (Wildman–Crippen MR) is 61.8 cm³/mol. The van der Waals surface area contributed by atoms with Gasteiger partial charge in [-0.3, -0.25) is 4.98 Å². The summed E-state index contributed by atoms with van der Waals surface area (Å²) in [5.41, 5.74) is 2.63. The maximum atomic E-state index is 4.44. The zero-order chi connectivity index (χ0) is 10.3. The number of fused-ring (bicyclic) bond motifs is 2. The van der Waals surface area contributed by atoms with E-state index < -0.39 is 0 Å². The summed E-state index contributed by atoms with van der Waals surface area (Å²) in [6.45, 7) is 2.07. The number of hydrogen-bond acceptors (Lipinski definition) is 1. The van der Waals surface area contributed by atoms with E-state index in [1.807, 2.05) is 0 Å². The van der Waals surface area contributed by atoms with E-state index in [2.05, 4.69) is 30.2 Å². The van der Waals surface area contributed by atoms with Crippen LogP contribution in [-0.4, -0.2) is 4.98 Å². The lowest BCUT2D eigenvalue weighted by Gasteiger charge is -2.21. The van der Waals surface area contributed by atoms with Crippen LogP contribution in [0.1, 0.15) is 49.3 Å². The van der Waals surface area contributed by atoms with Crippen molar-refractivity contribution < 1.29 is 0 Å². The zero-order valence-corrected chi connectivity index (χ0v) is 9.45. The molecule has 2 fully saturated rings. The first kappa shape index (κ1) is 9.38. The number of nitrogens with zero attached hydrogens (tertiary/aromatic N) is 1. The van der Waals surface area contributed by atoms with Crippen molar-refractivity contribution in [2.45, 2.75) is 44.9 Å². The molecule has 1 heterocycles. The van der Waals surface area contributed by atoms with Gasteiger partial charge < -0.3 is 0 Å². The average Bonchev–Trinajstić information content (AvgIpc) is 2.55. The highest BCUT2D eigenvalue weighted by molar-refractivity contribution is 5.20. The van der Waals surface area contributed by atoms with Crippen LogP contribution >= 0.6 is 0 Å². The van der Waals surface area contributed by atoms with E-state index in [0.717, 1.165) is 23.4 Å². The zero-order valence-electron chi connectivity index (χ0n) is 9.45. The summed E-state index contributed by atoms with van der Waals surface area (Å²) in [4.78, 5) is 4.44. The molecule has 0 amide bonds. The van der Waals surface area contributed by atoms with Crippen LogP contribution in [0.25, 0.3) is 0 Å². The third-order valence-electron chi connectivity index (χ3n) is 4.34. The smallest absolute Gasteiger partial charge is 0.0372 e. The molecule has 1 heteroatoms. The van der Waals surface area contributed by atoms with Crippen molar-refractivity contribution in [1.82, 2.24) is 4.98 Å². The average molecular weight is 201 g/mol. The third-order valence-corrected chi connectivity index (χ3v) is 4.34. The Bertz CT molecular complexity index is 341. The molecule has 0 radical (unpaired) electrons. The van der Waals surface area contributed by atoms with Gasteiger partial charge in [0.2, 0.25) is 0 Å². The van der Waals surface area contributed by atoms with E-state index in [1.165, 1.54) is 37.7 Å². The Morgan fingerprint density at radius 3 is 2.87 bits per heavy atom. The van der Waals surface area contributed by atoms with Gasteiger partial charge in [0, 0.05) is 11.9 Å². The molecule has 3 atom stereocenters. The van der Waals surface area contributed by atoms with Gasteiger partial charge in [-0.05, 0) is 55.6 Å². The molecule has 0 spiro atoms. The first-order chi connectivity index (χ1) is 7.33. The van der Waals surface area contributed by atoms with E-state index in [9.17, 15) is 0 Å². The van der Waals surface area contributed by atoms with Gasteiger partial charge in [-0.15, -0.1) is 0 Å². The molecule has 1 aromatic rings. The minimum absolute atomic E-state index is 0.825. The SMILES string of the molecule is Cc1ccc(C2CC3CCCC2C3)cn1. The number of rotatable bonds is 1. The summed E-state index contributed by atoms with van der Waals surface area (Å²) in [5.74, 6) is 2.81. The molecule has 1 nitrogen and oxygen atoms in total. The lowest BCUT2D eigenvalue weighted by atomic mass is 9.85. The molecule has 15 heavy (non-hydrogen) atoms. The van der Waals surface area contributed by atoms with Gasteiger partial charge >= 0.3 is 0 Å². The monoisotopic (exact) mass is 201 g/mol. The maximum absolute atomic E-state index is 4.44. The first-order valence-corrected chi connectivity index (χ1v) is 6.25. The van der Waals surface area contributed by atoms with Gasteiger partial charge in [0.25, 0.3) is 0 Å². The van der Waals surface area contributed by atoms with Gasteiger partial charge in [-0.2, -0.15) is 0 Å². The van der Waals surface area contributed by atoms with Crippen molar-refractivity contribution in [1.29, 1.82) is 0 Å². The molecule has 3 unspecified atom stereocenters. The van der Waals surface area contributed by atoms with E-state index in [4.69, 9.17) is 0 Å². The summed E-state index contributed by atoms with van der Waals surface area (Å²) >= 11 is 0. The number of hydrogen-bond donors (Lipinski definition) is 0. The summed E-state index contributed by atoms with van der Waals surface area (Å²) in [5, 5.41) is 0. The summed E-state index contributed by atoms with van der Waals surface area (Å²) in [6, 6.07) is 4.46. The lowest BCUT2D eigenvalue weighted by Crippen LogP contribution is -2.08. The molecular formula is C14H19N. The summed E-state index contributed by atoms with van der Waals surface area (Å²) in [7, 11) is 0. The van der Waals surface area contributed by atoms with Gasteiger partial charge in [-0.25, -0.2) is 0 Å². The minimum atomic E-state index is 0.825. The van der Waals surface area contributed by atoms with Gasteiger partial charge in [-0.1, -0.05) is 18.9 Å². The van der Waals surface area contributed by atoms with Crippen LogP contribution in [0, 0.1) is 18.8 Å². The van der Waals surface area contributed by atoms with E-state index in [0.29, 0.717) is 0 Å². The van der Waals surface area contributed by atoms with Crippen LogP contribution in [0.2, 0.25) is 0 Å². The highest BCUT2D eigenvalue weighted by Crippen LogP contribution is 2.50. The van der Waals surface area contributed by atoms with Gasteiger partial charge in [0.15, 0.2) is 0 Å². The van der Waals surface area contributed by atoms with Crippen molar-refractivity contribution in [3.05, 3.63) is 29.6 Å². The van der Waals surface area contributed by atoms with Crippen LogP contribution in [0.4, 0.5) is 0 Å². The normalized spacial score (nSPS) is 34.3. The van der Waals surface area contributed by atoms with E-state index >= 15 is 0 Å². The molecule has 2 aliphatic carbocycles. The van der Waals surface area contributed by atoms with Crippen LogP contribution in [0.15, 0.2) is 18.3 Å². The molecule has 0 N–H and O–H groups in total. The Balaban J connectivity index is 1.85. The minimum Gasteiger partial charge on any atom is -0.261 e. The van der Waals surface area contributed by atoms with Crippen LogP contribution in [0.3, 0.4) is 0 Å². The second-order valence-electron chi connectivity index (χ2n) is 5.37. The molecule has 2 bridgehead atoms. The Kier molecular flexibility index (Phi) is 2.27. The van der Waals surface area contributed by atoms with Crippen molar-refractivity contribution in [3.8, 4) is 0 Å². The molecule has 2 aliphatic rings. The fourth-order valence-electron chi connectivity index (χ4n) is 3.57. The second-order valence-corrected chi connectivity index (χ2v) is 5.37. The number of pyridine rings is 1. The van der Waals surface area contributed by atoms with Crippen molar-refractivity contribution >= 4 is 0 Å². The Hall–Kier alpha value is -0.850. The Morgan fingerprint density at radius 2 is 2.13 bits per heavy atom. The fraction of sp³-hybridized carbons (Fsp3) is 0.643. The molecule has 0 aromatic carbocycles. The summed E-state index contributed by atoms with van der Waals surface area (Å²) < 4.78 is 0. The Labute approximate surface area is 91.9 Å². The number of aryl methyl sites for hydroxylation is 1. The molecule has 80 valence electrons. The van der Waals surface area contributed by atoms with Gasteiger partial charge in [0.05, 0.1) is 0 Å². The van der Waals surface area contributed by atoms with Crippen molar-refractivity contribution in [2.24, 2.45) is 11.8 Å². The van der Waals surface area contributed by atoms with Crippen molar-refractivity contribution in [2.75, 3.05) is 0 Å². The maximum Gasteiger partial charge on any atom is 0.0372 e. The molecular weight excluding hydrogens is 182 g/mol. The second kappa shape index (κ2) is 3.62. The van der Waals surface area contributed by atoms with Crippen LogP contribution in [0.5, 0.6) is 0 Å². The quantitative estimate of drug-likeness (QED) is 0.675. The Morgan fingerprint density at radius 1 is 1.20 bits per heavy atom. The van der Waals surface area contributed by atoms with Crippen LogP contribution in [-0.2, 0) is 0 Å². The molecule has 1 aromatic heterocycles.